The van der Waals surface area contributed by atoms with Crippen LogP contribution in [0.2, 0.25) is 0 Å². The van der Waals surface area contributed by atoms with Crippen molar-refractivity contribution >= 4 is 15.9 Å². The Bertz CT molecular complexity index is 353. The fourth-order valence-electron chi connectivity index (χ4n) is 2.16. The van der Waals surface area contributed by atoms with Crippen molar-refractivity contribution in [2.24, 2.45) is 0 Å². The van der Waals surface area contributed by atoms with Crippen molar-refractivity contribution < 1.29 is 0 Å². The first-order valence-corrected chi connectivity index (χ1v) is 6.11. The lowest BCUT2D eigenvalue weighted by Crippen LogP contribution is -2.55. The van der Waals surface area contributed by atoms with Crippen LogP contribution in [0.1, 0.15) is 12.5 Å². The average molecular weight is 269 g/mol. The highest BCUT2D eigenvalue weighted by Crippen LogP contribution is 2.33. The highest BCUT2D eigenvalue weighted by atomic mass is 79.9. The van der Waals surface area contributed by atoms with Gasteiger partial charge in [0.15, 0.2) is 0 Å². The van der Waals surface area contributed by atoms with E-state index < -0.39 is 0 Å². The minimum Gasteiger partial charge on any atom is -0.313 e. The van der Waals surface area contributed by atoms with Gasteiger partial charge in [-0.25, -0.2) is 0 Å². The van der Waals surface area contributed by atoms with Crippen molar-refractivity contribution in [1.82, 2.24) is 10.2 Å². The standard InChI is InChI=1S/C12H17BrN2/c1-12(9-14-7-8-15(12)2)10-5-3-4-6-11(10)13/h3-6,14H,7-9H2,1-2H3. The Morgan fingerprint density at radius 3 is 2.80 bits per heavy atom. The fourth-order valence-corrected chi connectivity index (χ4v) is 2.87. The highest BCUT2D eigenvalue weighted by molar-refractivity contribution is 9.10. The highest BCUT2D eigenvalue weighted by Gasteiger charge is 2.34. The third-order valence-electron chi connectivity index (χ3n) is 3.39. The van der Waals surface area contributed by atoms with Crippen molar-refractivity contribution in [3.8, 4) is 0 Å². The van der Waals surface area contributed by atoms with Crippen LogP contribution in [0.4, 0.5) is 0 Å². The molecule has 1 unspecified atom stereocenters. The summed E-state index contributed by atoms with van der Waals surface area (Å²) in [7, 11) is 2.19. The second-order valence-corrected chi connectivity index (χ2v) is 5.21. The third-order valence-corrected chi connectivity index (χ3v) is 4.08. The van der Waals surface area contributed by atoms with Gasteiger partial charge >= 0.3 is 0 Å². The summed E-state index contributed by atoms with van der Waals surface area (Å²) in [6.07, 6.45) is 0. The largest absolute Gasteiger partial charge is 0.313 e. The molecule has 2 nitrogen and oxygen atoms in total. The third kappa shape index (κ3) is 1.96. The number of rotatable bonds is 1. The molecular formula is C12H17BrN2. The summed E-state index contributed by atoms with van der Waals surface area (Å²) in [4.78, 5) is 2.42. The molecule has 1 aliphatic heterocycles. The van der Waals surface area contributed by atoms with Gasteiger partial charge in [0.2, 0.25) is 0 Å². The first-order chi connectivity index (χ1) is 7.14. The van der Waals surface area contributed by atoms with Gasteiger partial charge in [-0.05, 0) is 25.6 Å². The van der Waals surface area contributed by atoms with Gasteiger partial charge < -0.3 is 5.32 Å². The maximum absolute atomic E-state index is 3.64. The molecule has 0 spiro atoms. The molecule has 82 valence electrons. The summed E-state index contributed by atoms with van der Waals surface area (Å²) >= 11 is 3.64. The quantitative estimate of drug-likeness (QED) is 0.840. The van der Waals surface area contributed by atoms with Gasteiger partial charge in [0, 0.05) is 24.1 Å². The van der Waals surface area contributed by atoms with Crippen LogP contribution in [0.25, 0.3) is 0 Å². The summed E-state index contributed by atoms with van der Waals surface area (Å²) in [5, 5.41) is 3.47. The predicted molar refractivity (Wildman–Crippen MR) is 67.0 cm³/mol. The van der Waals surface area contributed by atoms with E-state index in [1.807, 2.05) is 0 Å². The normalized spacial score (nSPS) is 27.9. The van der Waals surface area contributed by atoms with Crippen LogP contribution in [0.5, 0.6) is 0 Å². The van der Waals surface area contributed by atoms with Crippen LogP contribution in [-0.4, -0.2) is 31.6 Å². The van der Waals surface area contributed by atoms with Crippen molar-refractivity contribution in [3.63, 3.8) is 0 Å². The van der Waals surface area contributed by atoms with Crippen LogP contribution in [0.15, 0.2) is 28.7 Å². The Morgan fingerprint density at radius 2 is 2.13 bits per heavy atom. The van der Waals surface area contributed by atoms with E-state index in [1.165, 1.54) is 10.0 Å². The monoisotopic (exact) mass is 268 g/mol. The average Bonchev–Trinajstić information content (AvgIpc) is 2.23. The number of likely N-dealkylation sites (N-methyl/N-ethyl adjacent to an activating group) is 1. The predicted octanol–water partition coefficient (Wildman–Crippen LogP) is 2.20. The van der Waals surface area contributed by atoms with E-state index in [1.54, 1.807) is 0 Å². The van der Waals surface area contributed by atoms with Gasteiger partial charge in [-0.15, -0.1) is 0 Å². The van der Waals surface area contributed by atoms with Gasteiger partial charge in [-0.2, -0.15) is 0 Å². The molecule has 1 atom stereocenters. The minimum atomic E-state index is 0.0956. The van der Waals surface area contributed by atoms with E-state index in [-0.39, 0.29) is 5.54 Å². The number of hydrogen-bond donors (Lipinski definition) is 1. The number of halogens is 1. The smallest absolute Gasteiger partial charge is 0.0566 e. The minimum absolute atomic E-state index is 0.0956. The molecule has 1 aliphatic rings. The van der Waals surface area contributed by atoms with Crippen LogP contribution >= 0.6 is 15.9 Å². The Hall–Kier alpha value is -0.380. The molecule has 1 saturated heterocycles. The molecule has 0 saturated carbocycles. The molecule has 0 amide bonds. The second kappa shape index (κ2) is 4.24. The fraction of sp³-hybridized carbons (Fsp3) is 0.500. The molecule has 0 radical (unpaired) electrons. The molecule has 1 fully saturated rings. The number of nitrogens with one attached hydrogen (secondary N) is 1. The lowest BCUT2D eigenvalue weighted by atomic mass is 9.89. The number of nitrogens with zero attached hydrogens (tertiary/aromatic N) is 1. The molecule has 0 aromatic heterocycles. The van der Waals surface area contributed by atoms with E-state index >= 15 is 0 Å². The van der Waals surface area contributed by atoms with E-state index in [0.717, 1.165) is 19.6 Å². The van der Waals surface area contributed by atoms with Crippen LogP contribution in [0, 0.1) is 0 Å². The molecule has 0 bridgehead atoms. The molecular weight excluding hydrogens is 252 g/mol. The summed E-state index contributed by atoms with van der Waals surface area (Å²) in [6.45, 7) is 5.47. The lowest BCUT2D eigenvalue weighted by Gasteiger charge is -2.44. The van der Waals surface area contributed by atoms with Gasteiger partial charge in [-0.3, -0.25) is 4.90 Å². The molecule has 1 aromatic carbocycles. The van der Waals surface area contributed by atoms with Gasteiger partial charge in [0.1, 0.15) is 0 Å². The molecule has 2 rings (SSSR count). The Balaban J connectivity index is 2.39. The maximum Gasteiger partial charge on any atom is 0.0566 e. The summed E-state index contributed by atoms with van der Waals surface area (Å²) in [6, 6.07) is 8.48. The molecule has 1 N–H and O–H groups in total. The second-order valence-electron chi connectivity index (χ2n) is 4.35. The summed E-state index contributed by atoms with van der Waals surface area (Å²) in [5.41, 5.74) is 1.46. The van der Waals surface area contributed by atoms with Crippen molar-refractivity contribution in [2.75, 3.05) is 26.7 Å². The lowest BCUT2D eigenvalue weighted by molar-refractivity contribution is 0.103. The molecule has 15 heavy (non-hydrogen) atoms. The Morgan fingerprint density at radius 1 is 1.40 bits per heavy atom. The van der Waals surface area contributed by atoms with Gasteiger partial charge in [0.25, 0.3) is 0 Å². The SMILES string of the molecule is CN1CCNCC1(C)c1ccccc1Br. The van der Waals surface area contributed by atoms with Crippen LogP contribution in [-0.2, 0) is 5.54 Å². The molecule has 0 aliphatic carbocycles. The molecule has 3 heteroatoms. The topological polar surface area (TPSA) is 15.3 Å². The first-order valence-electron chi connectivity index (χ1n) is 5.31. The van der Waals surface area contributed by atoms with E-state index in [2.05, 4.69) is 64.4 Å². The number of piperazine rings is 1. The van der Waals surface area contributed by atoms with Gasteiger partial charge in [-0.1, -0.05) is 34.1 Å². The van der Waals surface area contributed by atoms with E-state index in [0.29, 0.717) is 0 Å². The van der Waals surface area contributed by atoms with E-state index in [4.69, 9.17) is 0 Å². The van der Waals surface area contributed by atoms with Crippen molar-refractivity contribution in [1.29, 1.82) is 0 Å². The summed E-state index contributed by atoms with van der Waals surface area (Å²) < 4.78 is 1.20. The molecule has 1 heterocycles. The van der Waals surface area contributed by atoms with Crippen LogP contribution < -0.4 is 5.32 Å². The Labute approximate surface area is 99.8 Å². The number of benzene rings is 1. The van der Waals surface area contributed by atoms with Crippen LogP contribution in [0.3, 0.4) is 0 Å². The summed E-state index contributed by atoms with van der Waals surface area (Å²) in [5.74, 6) is 0. The van der Waals surface area contributed by atoms with Crippen molar-refractivity contribution in [2.45, 2.75) is 12.5 Å². The zero-order valence-corrected chi connectivity index (χ0v) is 10.8. The number of hydrogen-bond acceptors (Lipinski definition) is 2. The zero-order chi connectivity index (χ0) is 10.9. The van der Waals surface area contributed by atoms with Gasteiger partial charge in [0.05, 0.1) is 5.54 Å². The zero-order valence-electron chi connectivity index (χ0n) is 9.26. The maximum atomic E-state index is 3.64. The Kier molecular flexibility index (Phi) is 3.14. The van der Waals surface area contributed by atoms with E-state index in [9.17, 15) is 0 Å². The first kappa shape index (κ1) is 11.1. The van der Waals surface area contributed by atoms with Crippen molar-refractivity contribution in [3.05, 3.63) is 34.3 Å². The molecule has 1 aromatic rings.